The Labute approximate surface area is 101 Å². The zero-order valence-corrected chi connectivity index (χ0v) is 11.4. The third-order valence-electron chi connectivity index (χ3n) is 3.04. The quantitative estimate of drug-likeness (QED) is 0.662. The van der Waals surface area contributed by atoms with Gasteiger partial charge in [0.1, 0.15) is 22.3 Å². The molecule has 0 aliphatic heterocycles. The summed E-state index contributed by atoms with van der Waals surface area (Å²) in [6.45, 7) is 0. The molecular weight excluding hydrogens is 232 g/mol. The Balaban J connectivity index is 2.21. The summed E-state index contributed by atoms with van der Waals surface area (Å²) in [5, 5.41) is -0.392. The van der Waals surface area contributed by atoms with Gasteiger partial charge in [-0.2, -0.15) is 0 Å². The SMILES string of the molecule is [SiH3]C(c1ccco1)(c1ccco1)c1ccco1. The zero-order valence-electron chi connectivity index (χ0n) is 9.42. The Hall–Kier alpha value is -1.94. The van der Waals surface area contributed by atoms with E-state index < -0.39 is 5.04 Å². The van der Waals surface area contributed by atoms with Crippen LogP contribution in [0.2, 0.25) is 0 Å². The average molecular weight is 244 g/mol. The first-order valence-electron chi connectivity index (χ1n) is 5.44. The Morgan fingerprint density at radius 2 is 1.06 bits per heavy atom. The van der Waals surface area contributed by atoms with Crippen LogP contribution < -0.4 is 0 Å². The lowest BCUT2D eigenvalue weighted by molar-refractivity contribution is 0.381. The molecule has 0 aliphatic carbocycles. The van der Waals surface area contributed by atoms with E-state index in [-0.39, 0.29) is 0 Å². The second-order valence-electron chi connectivity index (χ2n) is 4.06. The van der Waals surface area contributed by atoms with E-state index >= 15 is 0 Å². The molecule has 0 N–H and O–H groups in total. The molecule has 0 amide bonds. The fourth-order valence-corrected chi connectivity index (χ4v) is 2.91. The normalized spacial score (nSPS) is 12.0. The lowest BCUT2D eigenvalue weighted by Gasteiger charge is -2.22. The van der Waals surface area contributed by atoms with Crippen LogP contribution in [-0.2, 0) is 5.04 Å². The molecule has 0 bridgehead atoms. The van der Waals surface area contributed by atoms with Crippen molar-refractivity contribution < 1.29 is 13.3 Å². The fourth-order valence-electron chi connectivity index (χ4n) is 2.05. The molecule has 0 aliphatic rings. The summed E-state index contributed by atoms with van der Waals surface area (Å²) < 4.78 is 16.7. The maximum Gasteiger partial charge on any atom is 0.124 e. The van der Waals surface area contributed by atoms with E-state index in [4.69, 9.17) is 13.3 Å². The molecule has 0 unspecified atom stereocenters. The van der Waals surface area contributed by atoms with Crippen molar-refractivity contribution in [1.29, 1.82) is 0 Å². The van der Waals surface area contributed by atoms with Crippen LogP contribution in [0.15, 0.2) is 68.4 Å². The molecule has 0 aromatic carbocycles. The molecule has 0 radical (unpaired) electrons. The Bertz CT molecular complexity index is 480. The molecule has 0 saturated carbocycles. The number of hydrogen-bond donors (Lipinski definition) is 0. The third-order valence-corrected chi connectivity index (χ3v) is 4.52. The van der Waals surface area contributed by atoms with Crippen LogP contribution in [0.1, 0.15) is 17.3 Å². The van der Waals surface area contributed by atoms with Crippen molar-refractivity contribution in [2.24, 2.45) is 0 Å². The van der Waals surface area contributed by atoms with Crippen LogP contribution in [0.25, 0.3) is 0 Å². The predicted molar refractivity (Wildman–Crippen MR) is 65.9 cm³/mol. The van der Waals surface area contributed by atoms with Gasteiger partial charge in [0.25, 0.3) is 0 Å². The fraction of sp³-hybridized carbons (Fsp3) is 0.0769. The lowest BCUT2D eigenvalue weighted by Crippen LogP contribution is -2.28. The molecular formula is C13H12O3Si. The van der Waals surface area contributed by atoms with Crippen molar-refractivity contribution in [2.45, 2.75) is 5.04 Å². The molecule has 3 aromatic rings. The molecule has 17 heavy (non-hydrogen) atoms. The molecule has 0 saturated heterocycles. The highest BCUT2D eigenvalue weighted by Gasteiger charge is 2.39. The van der Waals surface area contributed by atoms with Crippen LogP contribution in [0.5, 0.6) is 0 Å². The number of hydrogen-bond acceptors (Lipinski definition) is 3. The van der Waals surface area contributed by atoms with Gasteiger partial charge < -0.3 is 13.3 Å². The van der Waals surface area contributed by atoms with E-state index in [0.717, 1.165) is 27.5 Å². The Kier molecular flexibility index (Phi) is 2.30. The first kappa shape index (κ1) is 10.2. The molecule has 0 atom stereocenters. The molecule has 3 rings (SSSR count). The van der Waals surface area contributed by atoms with Gasteiger partial charge in [-0.25, -0.2) is 0 Å². The van der Waals surface area contributed by atoms with E-state index in [9.17, 15) is 0 Å². The first-order chi connectivity index (χ1) is 8.32. The van der Waals surface area contributed by atoms with E-state index in [0.29, 0.717) is 0 Å². The topological polar surface area (TPSA) is 39.4 Å². The molecule has 0 fully saturated rings. The van der Waals surface area contributed by atoms with Crippen LogP contribution in [-0.4, -0.2) is 10.2 Å². The summed E-state index contributed by atoms with van der Waals surface area (Å²) in [5.41, 5.74) is 0. The maximum absolute atomic E-state index is 5.56. The molecule has 3 heterocycles. The van der Waals surface area contributed by atoms with E-state index in [1.165, 1.54) is 0 Å². The number of furan rings is 3. The lowest BCUT2D eigenvalue weighted by atomic mass is 9.99. The number of rotatable bonds is 3. The molecule has 86 valence electrons. The smallest absolute Gasteiger partial charge is 0.124 e. The molecule has 0 spiro atoms. The highest BCUT2D eigenvalue weighted by Crippen LogP contribution is 2.36. The second-order valence-corrected chi connectivity index (χ2v) is 5.56. The van der Waals surface area contributed by atoms with Crippen molar-refractivity contribution in [1.82, 2.24) is 0 Å². The van der Waals surface area contributed by atoms with Gasteiger partial charge in [-0.1, -0.05) is 0 Å². The van der Waals surface area contributed by atoms with Crippen LogP contribution >= 0.6 is 0 Å². The highest BCUT2D eigenvalue weighted by molar-refractivity contribution is 6.19. The monoisotopic (exact) mass is 244 g/mol. The van der Waals surface area contributed by atoms with Crippen LogP contribution in [0.4, 0.5) is 0 Å². The Morgan fingerprint density at radius 1 is 0.706 bits per heavy atom. The zero-order chi connectivity index (χ0) is 11.7. The summed E-state index contributed by atoms with van der Waals surface area (Å²) in [5.74, 6) is 2.57. The van der Waals surface area contributed by atoms with Gasteiger partial charge in [-0.05, 0) is 36.4 Å². The van der Waals surface area contributed by atoms with Crippen LogP contribution in [0.3, 0.4) is 0 Å². The summed E-state index contributed by atoms with van der Waals surface area (Å²) >= 11 is 0. The summed E-state index contributed by atoms with van der Waals surface area (Å²) in [6.07, 6.45) is 5.02. The second kappa shape index (κ2) is 3.82. The van der Waals surface area contributed by atoms with Crippen molar-refractivity contribution in [3.05, 3.63) is 72.5 Å². The summed E-state index contributed by atoms with van der Waals surface area (Å²) in [4.78, 5) is 0. The molecule has 4 heteroatoms. The van der Waals surface area contributed by atoms with E-state index in [2.05, 4.69) is 0 Å². The minimum atomic E-state index is -0.392. The third kappa shape index (κ3) is 1.49. The molecule has 3 nitrogen and oxygen atoms in total. The standard InChI is InChI=1S/C13H12O3Si/c17-13(10-4-1-7-14-10,11-5-2-8-15-11)12-6-3-9-16-12/h1-9H,17H3. The summed E-state index contributed by atoms with van der Waals surface area (Å²) in [7, 11) is 0.796. The minimum absolute atomic E-state index is 0.392. The first-order valence-corrected chi connectivity index (χ1v) is 6.44. The van der Waals surface area contributed by atoms with Gasteiger partial charge in [0.15, 0.2) is 0 Å². The van der Waals surface area contributed by atoms with Gasteiger partial charge in [0.2, 0.25) is 0 Å². The van der Waals surface area contributed by atoms with E-state index in [1.54, 1.807) is 18.8 Å². The minimum Gasteiger partial charge on any atom is -0.468 e. The predicted octanol–water partition coefficient (Wildman–Crippen LogP) is 2.12. The van der Waals surface area contributed by atoms with E-state index in [1.807, 2.05) is 36.4 Å². The van der Waals surface area contributed by atoms with Gasteiger partial charge in [0, 0.05) is 10.2 Å². The highest BCUT2D eigenvalue weighted by atomic mass is 28.1. The largest absolute Gasteiger partial charge is 0.468 e. The maximum atomic E-state index is 5.56. The van der Waals surface area contributed by atoms with Gasteiger partial charge in [-0.3, -0.25) is 0 Å². The summed E-state index contributed by atoms with van der Waals surface area (Å²) in [6, 6.07) is 11.5. The van der Waals surface area contributed by atoms with Crippen molar-refractivity contribution >= 4 is 10.2 Å². The van der Waals surface area contributed by atoms with Gasteiger partial charge in [0.05, 0.1) is 18.8 Å². The Morgan fingerprint density at radius 3 is 1.29 bits per heavy atom. The average Bonchev–Trinajstić information content (AvgIpc) is 3.10. The van der Waals surface area contributed by atoms with Crippen molar-refractivity contribution in [3.63, 3.8) is 0 Å². The van der Waals surface area contributed by atoms with Gasteiger partial charge >= 0.3 is 0 Å². The van der Waals surface area contributed by atoms with Crippen LogP contribution in [0, 0.1) is 0 Å². The van der Waals surface area contributed by atoms with Gasteiger partial charge in [-0.15, -0.1) is 0 Å². The molecule has 3 aromatic heterocycles. The van der Waals surface area contributed by atoms with Crippen molar-refractivity contribution in [3.8, 4) is 0 Å². The van der Waals surface area contributed by atoms with Crippen molar-refractivity contribution in [2.75, 3.05) is 0 Å².